The summed E-state index contributed by atoms with van der Waals surface area (Å²) < 4.78 is 10.9. The lowest BCUT2D eigenvalue weighted by Crippen LogP contribution is -2.15. The summed E-state index contributed by atoms with van der Waals surface area (Å²) in [5.74, 6) is 0.781. The van der Waals surface area contributed by atoms with Crippen LogP contribution in [0.1, 0.15) is 12.0 Å². The molecule has 18 heavy (non-hydrogen) atoms. The van der Waals surface area contributed by atoms with Crippen LogP contribution < -0.4 is 4.74 Å². The lowest BCUT2D eigenvalue weighted by atomic mass is 10.2. The van der Waals surface area contributed by atoms with Crippen LogP contribution in [0.15, 0.2) is 30.0 Å². The minimum atomic E-state index is 0.0767. The fourth-order valence-corrected chi connectivity index (χ4v) is 1.69. The zero-order chi connectivity index (χ0) is 12.8. The molecule has 0 N–H and O–H groups in total. The van der Waals surface area contributed by atoms with Crippen molar-refractivity contribution in [2.45, 2.75) is 12.5 Å². The average molecular weight is 240 g/mol. The van der Waals surface area contributed by atoms with Gasteiger partial charge < -0.3 is 9.47 Å². The number of nitriles is 1. The highest BCUT2D eigenvalue weighted by atomic mass is 16.5. The molecule has 1 fully saturated rings. The maximum atomic E-state index is 8.66. The number of rotatable bonds is 3. The topological polar surface area (TPSA) is 46.6 Å². The third kappa shape index (κ3) is 3.10. The highest BCUT2D eigenvalue weighted by molar-refractivity contribution is 5.59. The minimum absolute atomic E-state index is 0.0767. The Morgan fingerprint density at radius 2 is 2.28 bits per heavy atom. The quantitative estimate of drug-likeness (QED) is 0.602. The second-order valence-electron chi connectivity index (χ2n) is 3.93. The van der Waals surface area contributed by atoms with E-state index in [9.17, 15) is 0 Å². The van der Waals surface area contributed by atoms with Gasteiger partial charge in [-0.1, -0.05) is 12.1 Å². The van der Waals surface area contributed by atoms with Crippen LogP contribution in [0, 0.1) is 17.9 Å². The summed E-state index contributed by atoms with van der Waals surface area (Å²) in [6.45, 7) is 8.19. The van der Waals surface area contributed by atoms with E-state index in [0.29, 0.717) is 6.61 Å². The fraction of sp³-hybridized carbons (Fsp3) is 0.286. The molecule has 0 bridgehead atoms. The number of ether oxygens (including phenoxy) is 2. The summed E-state index contributed by atoms with van der Waals surface area (Å²) in [6, 6.07) is 9.16. The van der Waals surface area contributed by atoms with E-state index in [0.717, 1.165) is 24.3 Å². The largest absolute Gasteiger partial charge is 0.488 e. The molecule has 4 heteroatoms. The molecule has 1 aliphatic rings. The molecule has 2 rings (SSSR count). The predicted molar refractivity (Wildman–Crippen MR) is 66.5 cm³/mol. The zero-order valence-electron chi connectivity index (χ0n) is 9.80. The van der Waals surface area contributed by atoms with Crippen molar-refractivity contribution in [3.05, 3.63) is 46.9 Å². The second kappa shape index (κ2) is 5.86. The van der Waals surface area contributed by atoms with E-state index in [1.807, 2.05) is 30.3 Å². The first kappa shape index (κ1) is 12.2. The van der Waals surface area contributed by atoms with E-state index in [1.54, 1.807) is 6.08 Å². The first-order chi connectivity index (χ1) is 8.81. The number of allylic oxidation sites excluding steroid dienone is 1. The number of nitrogens with zero attached hydrogens (tertiary/aromatic N) is 2. The first-order valence-corrected chi connectivity index (χ1v) is 5.65. The Labute approximate surface area is 106 Å². The standard InChI is InChI=1S/C14H12N2O2/c1-16-12(9-15)8-11-2-4-13(5-3-11)18-14-6-7-17-10-14/h2-5,8,14H,6-7,10H2/b12-8-. The molecule has 0 spiro atoms. The molecule has 1 aliphatic heterocycles. The van der Waals surface area contributed by atoms with Gasteiger partial charge in [0.1, 0.15) is 11.9 Å². The van der Waals surface area contributed by atoms with Gasteiger partial charge in [-0.15, -0.1) is 0 Å². The van der Waals surface area contributed by atoms with Crippen LogP contribution in [-0.4, -0.2) is 19.3 Å². The van der Waals surface area contributed by atoms with Gasteiger partial charge >= 0.3 is 0 Å². The number of hydrogen-bond acceptors (Lipinski definition) is 3. The van der Waals surface area contributed by atoms with Gasteiger partial charge in [-0.05, 0) is 23.8 Å². The third-order valence-corrected chi connectivity index (χ3v) is 2.61. The molecule has 1 unspecified atom stereocenters. The first-order valence-electron chi connectivity index (χ1n) is 5.65. The maximum Gasteiger partial charge on any atom is 0.262 e. The molecule has 1 aromatic carbocycles. The van der Waals surface area contributed by atoms with E-state index in [1.165, 1.54) is 0 Å². The Hall–Kier alpha value is -2.30. The SMILES string of the molecule is [C-]#[N+]/C(C#N)=C\c1ccc(OC2CCOC2)cc1. The molecule has 0 radical (unpaired) electrons. The molecule has 4 nitrogen and oxygen atoms in total. The number of benzene rings is 1. The van der Waals surface area contributed by atoms with Crippen LogP contribution in [0.25, 0.3) is 10.9 Å². The van der Waals surface area contributed by atoms with Crippen molar-refractivity contribution in [1.29, 1.82) is 5.26 Å². The smallest absolute Gasteiger partial charge is 0.262 e. The van der Waals surface area contributed by atoms with Crippen molar-refractivity contribution in [2.24, 2.45) is 0 Å². The van der Waals surface area contributed by atoms with Gasteiger partial charge in [0, 0.05) is 6.42 Å². The summed E-state index contributed by atoms with van der Waals surface area (Å²) in [6.07, 6.45) is 2.59. The van der Waals surface area contributed by atoms with Crippen molar-refractivity contribution in [1.82, 2.24) is 0 Å². The fourth-order valence-electron chi connectivity index (χ4n) is 1.69. The van der Waals surface area contributed by atoms with E-state index in [2.05, 4.69) is 4.85 Å². The van der Waals surface area contributed by atoms with E-state index in [-0.39, 0.29) is 11.8 Å². The normalized spacial score (nSPS) is 19.0. The molecule has 90 valence electrons. The predicted octanol–water partition coefficient (Wildman–Crippen LogP) is 2.64. The summed E-state index contributed by atoms with van der Waals surface area (Å²) in [4.78, 5) is 3.11. The highest BCUT2D eigenvalue weighted by Crippen LogP contribution is 2.18. The molecule has 0 aromatic heterocycles. The van der Waals surface area contributed by atoms with Crippen molar-refractivity contribution >= 4 is 6.08 Å². The van der Waals surface area contributed by atoms with Gasteiger partial charge in [-0.2, -0.15) is 0 Å². The monoisotopic (exact) mass is 240 g/mol. The van der Waals surface area contributed by atoms with Crippen LogP contribution in [0.2, 0.25) is 0 Å². The van der Waals surface area contributed by atoms with Gasteiger partial charge in [0.25, 0.3) is 5.70 Å². The molecule has 1 atom stereocenters. The summed E-state index contributed by atoms with van der Waals surface area (Å²) in [5, 5.41) is 8.66. The van der Waals surface area contributed by atoms with Crippen LogP contribution in [0.4, 0.5) is 0 Å². The van der Waals surface area contributed by atoms with Crippen LogP contribution in [0.3, 0.4) is 0 Å². The van der Waals surface area contributed by atoms with Gasteiger partial charge in [0.05, 0.1) is 25.9 Å². The minimum Gasteiger partial charge on any atom is -0.488 e. The zero-order valence-corrected chi connectivity index (χ0v) is 9.80. The number of hydrogen-bond donors (Lipinski definition) is 0. The Morgan fingerprint density at radius 3 is 2.83 bits per heavy atom. The third-order valence-electron chi connectivity index (χ3n) is 2.61. The summed E-state index contributed by atoms with van der Waals surface area (Å²) in [7, 11) is 0. The van der Waals surface area contributed by atoms with Crippen LogP contribution >= 0.6 is 0 Å². The molecule has 1 aromatic rings. The molecule has 1 heterocycles. The average Bonchev–Trinajstić information content (AvgIpc) is 2.91. The van der Waals surface area contributed by atoms with Crippen LogP contribution in [-0.2, 0) is 4.74 Å². The van der Waals surface area contributed by atoms with Crippen molar-refractivity contribution in [3.8, 4) is 11.8 Å². The molecule has 0 aliphatic carbocycles. The molecule has 0 amide bonds. The molecule has 0 saturated carbocycles. The Morgan fingerprint density at radius 1 is 1.50 bits per heavy atom. The lowest BCUT2D eigenvalue weighted by Gasteiger charge is -2.11. The van der Waals surface area contributed by atoms with E-state index < -0.39 is 0 Å². The summed E-state index contributed by atoms with van der Waals surface area (Å²) in [5.41, 5.74) is 0.894. The lowest BCUT2D eigenvalue weighted by molar-refractivity contribution is 0.141. The molecular weight excluding hydrogens is 228 g/mol. The van der Waals surface area contributed by atoms with Crippen molar-refractivity contribution < 1.29 is 9.47 Å². The van der Waals surface area contributed by atoms with Crippen molar-refractivity contribution in [3.63, 3.8) is 0 Å². The molecule has 1 saturated heterocycles. The highest BCUT2D eigenvalue weighted by Gasteiger charge is 2.16. The molecular formula is C14H12N2O2. The van der Waals surface area contributed by atoms with E-state index in [4.69, 9.17) is 21.3 Å². The van der Waals surface area contributed by atoms with Crippen LogP contribution in [0.5, 0.6) is 5.75 Å². The second-order valence-corrected chi connectivity index (χ2v) is 3.93. The van der Waals surface area contributed by atoms with Gasteiger partial charge in [0.2, 0.25) is 0 Å². The maximum absolute atomic E-state index is 8.66. The Balaban J connectivity index is 2.04. The van der Waals surface area contributed by atoms with Gasteiger partial charge in [0.15, 0.2) is 0 Å². The van der Waals surface area contributed by atoms with Crippen molar-refractivity contribution in [2.75, 3.05) is 13.2 Å². The van der Waals surface area contributed by atoms with Gasteiger partial charge in [-0.25, -0.2) is 10.1 Å². The Kier molecular flexibility index (Phi) is 3.96. The summed E-state index contributed by atoms with van der Waals surface area (Å²) >= 11 is 0. The van der Waals surface area contributed by atoms with Gasteiger partial charge in [-0.3, -0.25) is 0 Å². The Bertz CT molecular complexity index is 498. The van der Waals surface area contributed by atoms with E-state index >= 15 is 0 Å².